The lowest BCUT2D eigenvalue weighted by molar-refractivity contribution is 0.592. The lowest BCUT2D eigenvalue weighted by Gasteiger charge is -2.05. The number of rotatable bonds is 2. The van der Waals surface area contributed by atoms with Gasteiger partial charge in [-0.1, -0.05) is 18.2 Å². The van der Waals surface area contributed by atoms with Gasteiger partial charge >= 0.3 is 0 Å². The Hall–Kier alpha value is -1.20. The third-order valence-electron chi connectivity index (χ3n) is 2.32. The molecule has 0 saturated carbocycles. The molecule has 0 N–H and O–H groups in total. The summed E-state index contributed by atoms with van der Waals surface area (Å²) in [6.07, 6.45) is 0. The average Bonchev–Trinajstić information content (AvgIpc) is 2.33. The summed E-state index contributed by atoms with van der Waals surface area (Å²) in [7, 11) is -3.51. The molecule has 0 unspecified atom stereocenters. The third kappa shape index (κ3) is 2.40. The highest BCUT2D eigenvalue weighted by molar-refractivity contribution is 9.10. The number of nitrogens with zero attached hydrogens (tertiary/aromatic N) is 1. The number of hydrogen-bond acceptors (Lipinski definition) is 3. The lowest BCUT2D eigenvalue weighted by atomic mass is 10.4. The number of sulfone groups is 1. The molecule has 5 heteroatoms. The summed E-state index contributed by atoms with van der Waals surface area (Å²) < 4.78 is 25.2. The molecule has 0 aliphatic rings. The van der Waals surface area contributed by atoms with Gasteiger partial charge < -0.3 is 0 Å². The van der Waals surface area contributed by atoms with Gasteiger partial charge in [0.2, 0.25) is 9.84 Å². The van der Waals surface area contributed by atoms with Gasteiger partial charge in [0, 0.05) is 4.47 Å². The molecule has 1 aromatic heterocycles. The highest BCUT2D eigenvalue weighted by Crippen LogP contribution is 2.21. The molecular weight excluding hydrogens is 302 g/mol. The molecule has 0 radical (unpaired) electrons. The molecule has 0 bridgehead atoms. The van der Waals surface area contributed by atoms with Crippen molar-refractivity contribution in [3.8, 4) is 0 Å². The van der Waals surface area contributed by atoms with Gasteiger partial charge in [-0.25, -0.2) is 13.4 Å². The minimum absolute atomic E-state index is 0.0735. The summed E-state index contributed by atoms with van der Waals surface area (Å²) in [6.45, 7) is 1.76. The van der Waals surface area contributed by atoms with Gasteiger partial charge in [-0.05, 0) is 47.1 Å². The molecule has 0 aliphatic heterocycles. The second-order valence-electron chi connectivity index (χ2n) is 3.53. The fraction of sp³-hybridized carbons (Fsp3) is 0.0833. The zero-order valence-corrected chi connectivity index (χ0v) is 11.5. The van der Waals surface area contributed by atoms with Crippen LogP contribution in [0, 0.1) is 6.92 Å². The molecule has 0 fully saturated rings. The molecule has 0 aliphatic carbocycles. The Morgan fingerprint density at radius 3 is 2.29 bits per heavy atom. The molecule has 2 rings (SSSR count). The lowest BCUT2D eigenvalue weighted by Crippen LogP contribution is -2.05. The molecule has 0 atom stereocenters. The number of aromatic nitrogens is 1. The molecule has 0 saturated heterocycles. The first-order valence-electron chi connectivity index (χ1n) is 4.95. The molecule has 3 nitrogen and oxygen atoms in total. The quantitative estimate of drug-likeness (QED) is 0.856. The van der Waals surface area contributed by atoms with Gasteiger partial charge in [0.25, 0.3) is 0 Å². The number of pyridine rings is 1. The molecular formula is C12H10BrNO2S. The molecule has 2 aromatic rings. The maximum absolute atomic E-state index is 12.2. The molecule has 1 aromatic carbocycles. The van der Waals surface area contributed by atoms with Gasteiger partial charge in [-0.3, -0.25) is 0 Å². The number of benzene rings is 1. The van der Waals surface area contributed by atoms with E-state index in [-0.39, 0.29) is 9.92 Å². The Bertz CT molecular complexity index is 639. The van der Waals surface area contributed by atoms with Crippen LogP contribution in [0.15, 0.2) is 56.9 Å². The van der Waals surface area contributed by atoms with E-state index in [9.17, 15) is 8.42 Å². The zero-order valence-electron chi connectivity index (χ0n) is 9.09. The zero-order chi connectivity index (χ0) is 12.5. The highest BCUT2D eigenvalue weighted by Gasteiger charge is 2.19. The van der Waals surface area contributed by atoms with Crippen molar-refractivity contribution in [3.63, 3.8) is 0 Å². The molecule has 88 valence electrons. The SMILES string of the molecule is Cc1nc(S(=O)(=O)c2ccccc2)ccc1Br. The first-order valence-corrected chi connectivity index (χ1v) is 7.23. The van der Waals surface area contributed by atoms with Crippen molar-refractivity contribution in [2.45, 2.75) is 16.8 Å². The molecule has 1 heterocycles. The fourth-order valence-electron chi connectivity index (χ4n) is 1.39. The minimum Gasteiger partial charge on any atom is -0.240 e. The van der Waals surface area contributed by atoms with Crippen LogP contribution in [0.5, 0.6) is 0 Å². The van der Waals surface area contributed by atoms with Crippen LogP contribution in [0.25, 0.3) is 0 Å². The minimum atomic E-state index is -3.51. The predicted octanol–water partition coefficient (Wildman–Crippen LogP) is 2.99. The van der Waals surface area contributed by atoms with E-state index in [1.54, 1.807) is 43.3 Å². The predicted molar refractivity (Wildman–Crippen MR) is 68.6 cm³/mol. The normalized spacial score (nSPS) is 11.4. The molecule has 0 spiro atoms. The van der Waals surface area contributed by atoms with Crippen molar-refractivity contribution in [2.75, 3.05) is 0 Å². The van der Waals surface area contributed by atoms with E-state index in [2.05, 4.69) is 20.9 Å². The Morgan fingerprint density at radius 1 is 1.06 bits per heavy atom. The van der Waals surface area contributed by atoms with Crippen molar-refractivity contribution >= 4 is 25.8 Å². The first-order chi connectivity index (χ1) is 8.01. The van der Waals surface area contributed by atoms with Crippen LogP contribution in [0.2, 0.25) is 0 Å². The van der Waals surface area contributed by atoms with E-state index < -0.39 is 9.84 Å². The Balaban J connectivity index is 2.57. The van der Waals surface area contributed by atoms with Crippen LogP contribution < -0.4 is 0 Å². The monoisotopic (exact) mass is 311 g/mol. The van der Waals surface area contributed by atoms with Crippen LogP contribution >= 0.6 is 15.9 Å². The Labute approximate surface area is 109 Å². The standard InChI is InChI=1S/C12H10BrNO2S/c1-9-11(13)7-8-12(14-9)17(15,16)10-5-3-2-4-6-10/h2-8H,1H3. The van der Waals surface area contributed by atoms with E-state index in [1.807, 2.05) is 0 Å². The molecule has 0 amide bonds. The van der Waals surface area contributed by atoms with E-state index in [4.69, 9.17) is 0 Å². The van der Waals surface area contributed by atoms with Crippen LogP contribution in [-0.2, 0) is 9.84 Å². The van der Waals surface area contributed by atoms with E-state index >= 15 is 0 Å². The van der Waals surface area contributed by atoms with Gasteiger partial charge in [0.15, 0.2) is 5.03 Å². The third-order valence-corrected chi connectivity index (χ3v) is 4.83. The summed E-state index contributed by atoms with van der Waals surface area (Å²) in [5.41, 5.74) is 0.655. The second-order valence-corrected chi connectivity index (χ2v) is 6.28. The topological polar surface area (TPSA) is 47.0 Å². The summed E-state index contributed by atoms with van der Waals surface area (Å²) in [6, 6.07) is 11.5. The van der Waals surface area contributed by atoms with Gasteiger partial charge in [0.1, 0.15) is 0 Å². The van der Waals surface area contributed by atoms with Crippen molar-refractivity contribution in [3.05, 3.63) is 52.6 Å². The van der Waals surface area contributed by atoms with Crippen molar-refractivity contribution in [1.82, 2.24) is 4.98 Å². The van der Waals surface area contributed by atoms with Crippen LogP contribution in [0.4, 0.5) is 0 Å². The maximum Gasteiger partial charge on any atom is 0.223 e. The number of halogens is 1. The molecule has 17 heavy (non-hydrogen) atoms. The van der Waals surface area contributed by atoms with Gasteiger partial charge in [-0.15, -0.1) is 0 Å². The first kappa shape index (κ1) is 12.3. The number of aryl methyl sites for hydroxylation is 1. The summed E-state index contributed by atoms with van der Waals surface area (Å²) >= 11 is 3.30. The van der Waals surface area contributed by atoms with E-state index in [1.165, 1.54) is 6.07 Å². The average molecular weight is 312 g/mol. The largest absolute Gasteiger partial charge is 0.240 e. The maximum atomic E-state index is 12.2. The highest BCUT2D eigenvalue weighted by atomic mass is 79.9. The van der Waals surface area contributed by atoms with Crippen molar-refractivity contribution < 1.29 is 8.42 Å². The van der Waals surface area contributed by atoms with Gasteiger partial charge in [-0.2, -0.15) is 0 Å². The Morgan fingerprint density at radius 2 is 1.71 bits per heavy atom. The van der Waals surface area contributed by atoms with Crippen LogP contribution in [-0.4, -0.2) is 13.4 Å². The number of hydrogen-bond donors (Lipinski definition) is 0. The van der Waals surface area contributed by atoms with Gasteiger partial charge in [0.05, 0.1) is 10.6 Å². The summed E-state index contributed by atoms with van der Waals surface area (Å²) in [5.74, 6) is 0. The van der Waals surface area contributed by atoms with Crippen LogP contribution in [0.1, 0.15) is 5.69 Å². The Kier molecular flexibility index (Phi) is 3.31. The summed E-state index contributed by atoms with van der Waals surface area (Å²) in [4.78, 5) is 4.34. The van der Waals surface area contributed by atoms with Crippen molar-refractivity contribution in [2.24, 2.45) is 0 Å². The van der Waals surface area contributed by atoms with Crippen molar-refractivity contribution in [1.29, 1.82) is 0 Å². The summed E-state index contributed by atoms with van der Waals surface area (Å²) in [5, 5.41) is 0.0735. The van der Waals surface area contributed by atoms with Crippen LogP contribution in [0.3, 0.4) is 0 Å². The smallest absolute Gasteiger partial charge is 0.223 e. The van der Waals surface area contributed by atoms with E-state index in [0.29, 0.717) is 5.69 Å². The second kappa shape index (κ2) is 4.58. The fourth-order valence-corrected chi connectivity index (χ4v) is 2.87. The van der Waals surface area contributed by atoms with E-state index in [0.717, 1.165) is 4.47 Å².